The Bertz CT molecular complexity index is 1550. The molecule has 0 bridgehead atoms. The number of nitrogens with one attached hydrogen (secondary N) is 3. The molecule has 182 valence electrons. The van der Waals surface area contributed by atoms with Crippen LogP contribution in [-0.4, -0.2) is 15.9 Å². The molecule has 37 heavy (non-hydrogen) atoms. The number of nitrogens with zero attached hydrogens (tertiary/aromatic N) is 3. The van der Waals surface area contributed by atoms with Gasteiger partial charge >= 0.3 is 0 Å². The summed E-state index contributed by atoms with van der Waals surface area (Å²) in [7, 11) is 0. The molecule has 7 heteroatoms. The third-order valence-corrected chi connectivity index (χ3v) is 5.79. The van der Waals surface area contributed by atoms with Crippen molar-refractivity contribution in [1.29, 1.82) is 5.26 Å². The second-order valence-electron chi connectivity index (χ2n) is 8.33. The first kappa shape index (κ1) is 24.9. The molecule has 0 fully saturated rings. The Morgan fingerprint density at radius 2 is 1.62 bits per heavy atom. The van der Waals surface area contributed by atoms with Crippen LogP contribution in [0, 0.1) is 11.3 Å². The van der Waals surface area contributed by atoms with E-state index in [2.05, 4.69) is 38.6 Å². The second kappa shape index (κ2) is 11.5. The highest BCUT2D eigenvalue weighted by atomic mass is 16.1. The fraction of sp³-hybridized carbons (Fsp3) is 0.0667. The first-order valence-electron chi connectivity index (χ1n) is 11.6. The molecule has 7 nitrogen and oxygen atoms in total. The summed E-state index contributed by atoms with van der Waals surface area (Å²) < 4.78 is 0. The van der Waals surface area contributed by atoms with Gasteiger partial charge in [0.15, 0.2) is 0 Å². The van der Waals surface area contributed by atoms with E-state index in [1.165, 1.54) is 0 Å². The van der Waals surface area contributed by atoms with Gasteiger partial charge in [0.25, 0.3) is 5.91 Å². The van der Waals surface area contributed by atoms with Gasteiger partial charge in [0.05, 0.1) is 17.1 Å². The van der Waals surface area contributed by atoms with Crippen LogP contribution in [0.2, 0.25) is 0 Å². The molecule has 3 N–H and O–H groups in total. The van der Waals surface area contributed by atoms with Crippen LogP contribution in [0.4, 0.5) is 22.7 Å². The van der Waals surface area contributed by atoms with Crippen LogP contribution in [-0.2, 0) is 4.79 Å². The van der Waals surface area contributed by atoms with Gasteiger partial charge in [0.1, 0.15) is 0 Å². The zero-order chi connectivity index (χ0) is 26.2. The van der Waals surface area contributed by atoms with Gasteiger partial charge in [0.2, 0.25) is 0 Å². The number of aromatic nitrogens is 2. The predicted molar refractivity (Wildman–Crippen MR) is 149 cm³/mol. The molecule has 0 aliphatic rings. The summed E-state index contributed by atoms with van der Waals surface area (Å²) in [4.78, 5) is 21.3. The Kier molecular flexibility index (Phi) is 7.72. The first-order chi connectivity index (χ1) is 18.0. The van der Waals surface area contributed by atoms with Gasteiger partial charge in [-0.05, 0) is 92.2 Å². The molecule has 0 aliphatic carbocycles. The third-order valence-electron chi connectivity index (χ3n) is 5.79. The van der Waals surface area contributed by atoms with Crippen molar-refractivity contribution in [3.05, 3.63) is 120 Å². The van der Waals surface area contributed by atoms with Gasteiger partial charge in [-0.1, -0.05) is 6.58 Å². The number of hydrogen-bond acceptors (Lipinski definition) is 6. The largest absolute Gasteiger partial charge is 0.355 e. The van der Waals surface area contributed by atoms with Gasteiger partial charge in [-0.25, -0.2) is 0 Å². The van der Waals surface area contributed by atoms with Crippen LogP contribution in [0.15, 0.2) is 115 Å². The summed E-state index contributed by atoms with van der Waals surface area (Å²) in [6.45, 7) is 7.56. The molecule has 0 aliphatic heterocycles. The maximum absolute atomic E-state index is 12.9. The smallest absolute Gasteiger partial charge is 0.251 e. The molecule has 4 aromatic rings. The minimum Gasteiger partial charge on any atom is -0.355 e. The van der Waals surface area contributed by atoms with Crippen molar-refractivity contribution in [3.8, 4) is 6.07 Å². The van der Waals surface area contributed by atoms with Crippen molar-refractivity contribution >= 4 is 39.6 Å². The van der Waals surface area contributed by atoms with Crippen molar-refractivity contribution in [2.45, 2.75) is 13.8 Å². The molecular weight excluding hydrogens is 460 g/mol. The molecule has 2 aromatic heterocycles. The number of rotatable bonds is 8. The van der Waals surface area contributed by atoms with Crippen molar-refractivity contribution in [2.24, 2.45) is 0 Å². The van der Waals surface area contributed by atoms with E-state index in [-0.39, 0.29) is 5.91 Å². The number of carbonyl (C=O) groups excluding carboxylic acids is 1. The Labute approximate surface area is 215 Å². The Hall–Kier alpha value is -5.22. The van der Waals surface area contributed by atoms with Crippen LogP contribution in [0.5, 0.6) is 0 Å². The topological polar surface area (TPSA) is 103 Å². The van der Waals surface area contributed by atoms with Crippen LogP contribution >= 0.6 is 0 Å². The lowest BCUT2D eigenvalue weighted by Crippen LogP contribution is -2.14. The second-order valence-corrected chi connectivity index (χ2v) is 8.33. The summed E-state index contributed by atoms with van der Waals surface area (Å²) in [6.07, 6.45) is 8.70. The van der Waals surface area contributed by atoms with E-state index >= 15 is 0 Å². The number of anilines is 4. The summed E-state index contributed by atoms with van der Waals surface area (Å²) >= 11 is 0. The predicted octanol–water partition coefficient (Wildman–Crippen LogP) is 6.70. The summed E-state index contributed by atoms with van der Waals surface area (Å²) in [5.41, 5.74) is 6.73. The monoisotopic (exact) mass is 486 g/mol. The van der Waals surface area contributed by atoms with Gasteiger partial charge in [-0.2, -0.15) is 5.26 Å². The number of carbonyl (C=O) groups is 1. The van der Waals surface area contributed by atoms with E-state index in [4.69, 9.17) is 0 Å². The van der Waals surface area contributed by atoms with E-state index in [0.29, 0.717) is 22.5 Å². The van der Waals surface area contributed by atoms with Gasteiger partial charge in [0, 0.05) is 58.0 Å². The average molecular weight is 487 g/mol. The Balaban J connectivity index is 1.47. The number of benzene rings is 2. The zero-order valence-electron chi connectivity index (χ0n) is 20.6. The standard InChI is InChI=1S/C30H26N6O/c1-4-23(35-29-13-16-33-28-10-5-22(19-31)18-27(28)29)17-20(2)21(3)30(37)36-25-8-6-24(7-9-25)34-26-11-14-32-15-12-26/h4-18H,1H2,2-3H3,(H,32,34)(H,33,35)(H,36,37)/b21-20+,23-17+. The average Bonchev–Trinajstić information content (AvgIpc) is 2.93. The molecule has 0 spiro atoms. The maximum Gasteiger partial charge on any atom is 0.251 e. The zero-order valence-corrected chi connectivity index (χ0v) is 20.6. The summed E-state index contributed by atoms with van der Waals surface area (Å²) in [5, 5.41) is 19.7. The highest BCUT2D eigenvalue weighted by molar-refractivity contribution is 6.04. The highest BCUT2D eigenvalue weighted by Crippen LogP contribution is 2.25. The molecule has 0 radical (unpaired) electrons. The van der Waals surface area contributed by atoms with Gasteiger partial charge < -0.3 is 16.0 Å². The van der Waals surface area contributed by atoms with Crippen LogP contribution in [0.1, 0.15) is 19.4 Å². The molecule has 2 aromatic carbocycles. The first-order valence-corrected chi connectivity index (χ1v) is 11.6. The minimum atomic E-state index is -0.194. The van der Waals surface area contributed by atoms with Crippen LogP contribution < -0.4 is 16.0 Å². The number of nitriles is 1. The lowest BCUT2D eigenvalue weighted by molar-refractivity contribution is -0.112. The number of allylic oxidation sites excluding steroid dienone is 3. The van der Waals surface area contributed by atoms with E-state index in [0.717, 1.165) is 33.5 Å². The van der Waals surface area contributed by atoms with E-state index in [1.807, 2.05) is 61.5 Å². The number of amides is 1. The molecule has 0 unspecified atom stereocenters. The summed E-state index contributed by atoms with van der Waals surface area (Å²) in [5.74, 6) is -0.194. The lowest BCUT2D eigenvalue weighted by Gasteiger charge is -2.12. The summed E-state index contributed by atoms with van der Waals surface area (Å²) in [6, 6.07) is 20.6. The SMILES string of the molecule is C=C/C(=C\C(C)=C(/C)C(=O)Nc1ccc(Nc2ccncc2)cc1)Nc1ccnc2ccc(C#N)cc12. The number of pyridine rings is 2. The molecule has 0 saturated heterocycles. The van der Waals surface area contributed by atoms with Crippen LogP contribution in [0.25, 0.3) is 10.9 Å². The van der Waals surface area contributed by atoms with Crippen molar-refractivity contribution in [1.82, 2.24) is 9.97 Å². The van der Waals surface area contributed by atoms with Crippen molar-refractivity contribution in [3.63, 3.8) is 0 Å². The Morgan fingerprint density at radius 1 is 0.919 bits per heavy atom. The van der Waals surface area contributed by atoms with Gasteiger partial charge in [-0.15, -0.1) is 0 Å². The Morgan fingerprint density at radius 3 is 2.32 bits per heavy atom. The fourth-order valence-electron chi connectivity index (χ4n) is 3.61. The molecule has 4 rings (SSSR count). The fourth-order valence-corrected chi connectivity index (χ4v) is 3.61. The van der Waals surface area contributed by atoms with E-state index in [9.17, 15) is 10.1 Å². The third kappa shape index (κ3) is 6.27. The maximum atomic E-state index is 12.9. The molecular formula is C30H26N6O. The minimum absolute atomic E-state index is 0.194. The lowest BCUT2D eigenvalue weighted by atomic mass is 10.1. The molecule has 1 amide bonds. The highest BCUT2D eigenvalue weighted by Gasteiger charge is 2.09. The normalized spacial score (nSPS) is 11.8. The molecule has 2 heterocycles. The van der Waals surface area contributed by atoms with Gasteiger partial charge in [-0.3, -0.25) is 14.8 Å². The molecule has 0 atom stereocenters. The van der Waals surface area contributed by atoms with Crippen LogP contribution in [0.3, 0.4) is 0 Å². The van der Waals surface area contributed by atoms with E-state index < -0.39 is 0 Å². The quantitative estimate of drug-likeness (QED) is 0.189. The van der Waals surface area contributed by atoms with E-state index in [1.54, 1.807) is 43.7 Å². The van der Waals surface area contributed by atoms with Crippen molar-refractivity contribution in [2.75, 3.05) is 16.0 Å². The molecule has 0 saturated carbocycles. The number of hydrogen-bond donors (Lipinski definition) is 3. The number of fused-ring (bicyclic) bond motifs is 1. The van der Waals surface area contributed by atoms with Crippen molar-refractivity contribution < 1.29 is 4.79 Å².